The van der Waals surface area contributed by atoms with Crippen LogP contribution < -0.4 is 0 Å². The number of carbonyl (C=O) groups is 2. The number of carboxylic acid groups (broad SMARTS) is 1. The molecule has 1 saturated carbocycles. The van der Waals surface area contributed by atoms with Gasteiger partial charge in [-0.05, 0) is 12.8 Å². The van der Waals surface area contributed by atoms with E-state index in [4.69, 9.17) is 0 Å². The minimum Gasteiger partial charge on any atom is -0.481 e. The van der Waals surface area contributed by atoms with E-state index in [1.165, 1.54) is 0 Å². The van der Waals surface area contributed by atoms with E-state index < -0.39 is 11.4 Å². The highest BCUT2D eigenvalue weighted by Gasteiger charge is 2.42. The Morgan fingerprint density at radius 3 is 2.20 bits per heavy atom. The van der Waals surface area contributed by atoms with Crippen LogP contribution in [-0.4, -0.2) is 45.5 Å². The monoisotopic (exact) mass is 299 g/mol. The normalized spacial score (nSPS) is 30.0. The fraction of sp³-hybridized carbons (Fsp3) is 0.867. The Morgan fingerprint density at radius 2 is 1.70 bits per heavy atom. The number of nitrogens with zero attached hydrogens (tertiary/aromatic N) is 1. The number of thioether (sulfide) groups is 1. The van der Waals surface area contributed by atoms with Crippen LogP contribution in [0.15, 0.2) is 0 Å². The van der Waals surface area contributed by atoms with Crippen LogP contribution in [0.2, 0.25) is 0 Å². The third-order valence-corrected chi connectivity index (χ3v) is 5.75. The first kappa shape index (κ1) is 15.7. The molecule has 0 radical (unpaired) electrons. The Bertz CT molecular complexity index is 369. The van der Waals surface area contributed by atoms with E-state index in [0.29, 0.717) is 23.3 Å². The van der Waals surface area contributed by atoms with Crippen LogP contribution in [0.5, 0.6) is 0 Å². The van der Waals surface area contributed by atoms with E-state index in [0.717, 1.165) is 32.4 Å². The van der Waals surface area contributed by atoms with Gasteiger partial charge in [-0.25, -0.2) is 0 Å². The first-order valence-electron chi connectivity index (χ1n) is 7.59. The zero-order valence-electron chi connectivity index (χ0n) is 12.4. The lowest BCUT2D eigenvalue weighted by atomic mass is 9.71. The molecule has 0 aromatic heterocycles. The smallest absolute Gasteiger partial charge is 0.310 e. The van der Waals surface area contributed by atoms with Gasteiger partial charge in [-0.15, -0.1) is 0 Å². The Balaban J connectivity index is 2.03. The average Bonchev–Trinajstić information content (AvgIpc) is 2.38. The predicted octanol–water partition coefficient (Wildman–Crippen LogP) is 2.76. The maximum atomic E-state index is 12.5. The topological polar surface area (TPSA) is 57.6 Å². The van der Waals surface area contributed by atoms with Gasteiger partial charge in [0.2, 0.25) is 5.91 Å². The van der Waals surface area contributed by atoms with E-state index in [1.807, 2.05) is 16.7 Å². The molecule has 2 fully saturated rings. The fourth-order valence-corrected chi connectivity index (χ4v) is 4.80. The van der Waals surface area contributed by atoms with Crippen LogP contribution in [0.4, 0.5) is 0 Å². The van der Waals surface area contributed by atoms with Crippen LogP contribution in [0.3, 0.4) is 0 Å². The molecular weight excluding hydrogens is 274 g/mol. The summed E-state index contributed by atoms with van der Waals surface area (Å²) < 4.78 is 0. The van der Waals surface area contributed by atoms with Crippen molar-refractivity contribution in [3.8, 4) is 0 Å². The summed E-state index contributed by atoms with van der Waals surface area (Å²) >= 11 is 1.90. The quantitative estimate of drug-likeness (QED) is 0.870. The Morgan fingerprint density at radius 1 is 1.15 bits per heavy atom. The maximum Gasteiger partial charge on any atom is 0.310 e. The number of amides is 1. The molecule has 2 atom stereocenters. The number of carboxylic acids is 1. The molecule has 1 saturated heterocycles. The Kier molecular flexibility index (Phi) is 4.99. The highest BCUT2D eigenvalue weighted by molar-refractivity contribution is 8.00. The minimum absolute atomic E-state index is 0.0355. The third kappa shape index (κ3) is 3.48. The Labute approximate surface area is 125 Å². The average molecular weight is 299 g/mol. The number of rotatable bonds is 3. The molecule has 20 heavy (non-hydrogen) atoms. The van der Waals surface area contributed by atoms with E-state index in [9.17, 15) is 14.7 Å². The molecule has 1 aliphatic heterocycles. The molecule has 2 aliphatic rings. The van der Waals surface area contributed by atoms with Crippen molar-refractivity contribution in [1.82, 2.24) is 4.90 Å². The summed E-state index contributed by atoms with van der Waals surface area (Å²) in [5.41, 5.74) is -0.799. The molecule has 2 unspecified atom stereocenters. The maximum absolute atomic E-state index is 12.5. The predicted molar refractivity (Wildman–Crippen MR) is 80.9 cm³/mol. The largest absolute Gasteiger partial charge is 0.481 e. The van der Waals surface area contributed by atoms with Crippen molar-refractivity contribution in [3.63, 3.8) is 0 Å². The second-order valence-corrected chi connectivity index (χ2v) is 8.26. The fourth-order valence-electron chi connectivity index (χ4n) is 3.48. The molecule has 0 bridgehead atoms. The highest BCUT2D eigenvalue weighted by Crippen LogP contribution is 2.40. The van der Waals surface area contributed by atoms with Gasteiger partial charge < -0.3 is 10.0 Å². The summed E-state index contributed by atoms with van der Waals surface area (Å²) in [6.45, 7) is 5.77. The van der Waals surface area contributed by atoms with Gasteiger partial charge in [0.05, 0.1) is 5.41 Å². The van der Waals surface area contributed by atoms with Gasteiger partial charge in [-0.3, -0.25) is 9.59 Å². The zero-order valence-corrected chi connectivity index (χ0v) is 13.2. The standard InChI is InChI=1S/C15H25NO3S/c1-11-9-16(10-12(2)20-11)13(17)8-15(14(18)19)6-4-3-5-7-15/h11-12H,3-10H2,1-2H3,(H,18,19). The molecule has 1 amide bonds. The van der Waals surface area contributed by atoms with E-state index in [2.05, 4.69) is 13.8 Å². The van der Waals surface area contributed by atoms with E-state index in [-0.39, 0.29) is 12.3 Å². The lowest BCUT2D eigenvalue weighted by molar-refractivity contribution is -0.156. The third-order valence-electron chi connectivity index (χ3n) is 4.53. The van der Waals surface area contributed by atoms with Gasteiger partial charge >= 0.3 is 5.97 Å². The molecule has 0 aromatic rings. The minimum atomic E-state index is -0.799. The molecule has 0 aromatic carbocycles. The van der Waals surface area contributed by atoms with E-state index >= 15 is 0 Å². The molecule has 5 heteroatoms. The van der Waals surface area contributed by atoms with E-state index in [1.54, 1.807) is 0 Å². The number of carbonyl (C=O) groups excluding carboxylic acids is 1. The Hall–Kier alpha value is -0.710. The molecule has 4 nitrogen and oxygen atoms in total. The van der Waals surface area contributed by atoms with Gasteiger partial charge in [-0.2, -0.15) is 11.8 Å². The first-order chi connectivity index (χ1) is 9.43. The van der Waals surface area contributed by atoms with Crippen molar-refractivity contribution in [2.75, 3.05) is 13.1 Å². The number of hydrogen-bond donors (Lipinski definition) is 1. The molecule has 1 aliphatic carbocycles. The summed E-state index contributed by atoms with van der Waals surface area (Å²) in [6, 6.07) is 0. The second kappa shape index (κ2) is 6.37. The van der Waals surface area contributed by atoms with Crippen LogP contribution in [0, 0.1) is 5.41 Å². The summed E-state index contributed by atoms with van der Waals surface area (Å²) in [5.74, 6) is -0.744. The molecule has 114 valence electrons. The van der Waals surface area contributed by atoms with Crippen LogP contribution in [0.1, 0.15) is 52.4 Å². The van der Waals surface area contributed by atoms with Crippen molar-refractivity contribution >= 4 is 23.6 Å². The SMILES string of the molecule is CC1CN(C(=O)CC2(C(=O)O)CCCCC2)CC(C)S1. The van der Waals surface area contributed by atoms with Crippen molar-refractivity contribution in [2.45, 2.75) is 62.9 Å². The van der Waals surface area contributed by atoms with Gasteiger partial charge in [-0.1, -0.05) is 33.1 Å². The first-order valence-corrected chi connectivity index (χ1v) is 8.54. The van der Waals surface area contributed by atoms with Crippen molar-refractivity contribution < 1.29 is 14.7 Å². The highest BCUT2D eigenvalue weighted by atomic mass is 32.2. The second-order valence-electron chi connectivity index (χ2n) is 6.38. The molecule has 0 spiro atoms. The van der Waals surface area contributed by atoms with Crippen molar-refractivity contribution in [3.05, 3.63) is 0 Å². The van der Waals surface area contributed by atoms with Gasteiger partial charge in [0.15, 0.2) is 0 Å². The summed E-state index contributed by atoms with van der Waals surface area (Å²) in [6.07, 6.45) is 4.46. The van der Waals surface area contributed by atoms with Crippen LogP contribution >= 0.6 is 11.8 Å². The number of aliphatic carboxylic acids is 1. The number of hydrogen-bond acceptors (Lipinski definition) is 3. The van der Waals surface area contributed by atoms with Gasteiger partial charge in [0.25, 0.3) is 0 Å². The lowest BCUT2D eigenvalue weighted by Crippen LogP contribution is -2.47. The zero-order chi connectivity index (χ0) is 14.8. The lowest BCUT2D eigenvalue weighted by Gasteiger charge is -2.38. The summed E-state index contributed by atoms with van der Waals surface area (Å²) in [7, 11) is 0. The van der Waals surface area contributed by atoms with Crippen LogP contribution in [-0.2, 0) is 9.59 Å². The van der Waals surface area contributed by atoms with Crippen LogP contribution in [0.25, 0.3) is 0 Å². The van der Waals surface area contributed by atoms with Crippen molar-refractivity contribution in [2.24, 2.45) is 5.41 Å². The van der Waals surface area contributed by atoms with Crippen molar-refractivity contribution in [1.29, 1.82) is 0 Å². The van der Waals surface area contributed by atoms with Gasteiger partial charge in [0, 0.05) is 30.0 Å². The summed E-state index contributed by atoms with van der Waals surface area (Å²) in [4.78, 5) is 26.0. The molecule has 1 N–H and O–H groups in total. The summed E-state index contributed by atoms with van der Waals surface area (Å²) in [5, 5.41) is 10.4. The molecular formula is C15H25NO3S. The molecule has 1 heterocycles. The van der Waals surface area contributed by atoms with Gasteiger partial charge in [0.1, 0.15) is 0 Å². The molecule has 2 rings (SSSR count).